The maximum Gasteiger partial charge on any atom is 0.275 e. The van der Waals surface area contributed by atoms with Gasteiger partial charge in [-0.05, 0) is 19.1 Å². The minimum absolute atomic E-state index is 0.189. The van der Waals surface area contributed by atoms with E-state index < -0.39 is 5.92 Å². The number of alkyl halides is 2. The molecule has 0 spiro atoms. The number of para-hydroxylation sites is 1. The van der Waals surface area contributed by atoms with Crippen LogP contribution in [0.5, 0.6) is 0 Å². The van der Waals surface area contributed by atoms with Crippen LogP contribution in [0, 0.1) is 0 Å². The van der Waals surface area contributed by atoms with Crippen LogP contribution in [0.2, 0.25) is 0 Å². The van der Waals surface area contributed by atoms with Crippen molar-refractivity contribution in [2.45, 2.75) is 19.3 Å². The number of allylic oxidation sites excluding steroid dienone is 2. The summed E-state index contributed by atoms with van der Waals surface area (Å²) in [5.41, 5.74) is 0.868. The fraction of sp³-hybridized carbons (Fsp3) is 0.308. The van der Waals surface area contributed by atoms with Crippen LogP contribution >= 0.6 is 0 Å². The third kappa shape index (κ3) is 2.35. The van der Waals surface area contributed by atoms with Crippen molar-refractivity contribution in [2.75, 3.05) is 11.9 Å². The first-order valence-corrected chi connectivity index (χ1v) is 5.44. The van der Waals surface area contributed by atoms with Crippen LogP contribution in [0.4, 0.5) is 14.5 Å². The molecule has 0 saturated carbocycles. The highest BCUT2D eigenvalue weighted by Gasteiger charge is 2.37. The van der Waals surface area contributed by atoms with Crippen molar-refractivity contribution in [3.63, 3.8) is 0 Å². The Balaban J connectivity index is 2.60. The lowest BCUT2D eigenvalue weighted by molar-refractivity contribution is -0.112. The Kier molecular flexibility index (Phi) is 2.96. The largest absolute Gasteiger partial charge is 0.384 e. The maximum absolute atomic E-state index is 13.9. The number of carbonyl (C=O) groups is 1. The molecule has 17 heavy (non-hydrogen) atoms. The number of fused-ring (bicyclic) bond motifs is 1. The zero-order valence-corrected chi connectivity index (χ0v) is 9.47. The van der Waals surface area contributed by atoms with E-state index in [9.17, 15) is 13.6 Å². The molecule has 0 fully saturated rings. The van der Waals surface area contributed by atoms with E-state index in [-0.39, 0.29) is 24.3 Å². The van der Waals surface area contributed by atoms with Gasteiger partial charge in [0.1, 0.15) is 0 Å². The standard InChI is InChI=1S/C13H13F2NO/c1-9(17)8-11-10-4-2-3-5-12(10)16-7-6-13(11,14)15/h2-5,8,16H,6-7H2,1H3/b11-8-. The molecule has 0 atom stereocenters. The van der Waals surface area contributed by atoms with Crippen LogP contribution in [0.3, 0.4) is 0 Å². The van der Waals surface area contributed by atoms with Gasteiger partial charge in [0.2, 0.25) is 0 Å². The van der Waals surface area contributed by atoms with Crippen molar-refractivity contribution in [1.29, 1.82) is 0 Å². The van der Waals surface area contributed by atoms with E-state index in [1.807, 2.05) is 0 Å². The highest BCUT2D eigenvalue weighted by atomic mass is 19.3. The second kappa shape index (κ2) is 4.28. The van der Waals surface area contributed by atoms with Crippen LogP contribution in [0.25, 0.3) is 5.57 Å². The Hall–Kier alpha value is -1.71. The van der Waals surface area contributed by atoms with E-state index in [2.05, 4.69) is 5.32 Å². The molecule has 4 heteroatoms. The summed E-state index contributed by atoms with van der Waals surface area (Å²) in [7, 11) is 0. The fourth-order valence-corrected chi connectivity index (χ4v) is 1.94. The van der Waals surface area contributed by atoms with Crippen LogP contribution in [0.1, 0.15) is 18.9 Å². The van der Waals surface area contributed by atoms with Gasteiger partial charge < -0.3 is 5.32 Å². The average Bonchev–Trinajstić information content (AvgIpc) is 2.37. The summed E-state index contributed by atoms with van der Waals surface area (Å²) in [5.74, 6) is -3.33. The van der Waals surface area contributed by atoms with E-state index in [1.54, 1.807) is 24.3 Å². The fourth-order valence-electron chi connectivity index (χ4n) is 1.94. The molecule has 0 radical (unpaired) electrons. The number of rotatable bonds is 1. The van der Waals surface area contributed by atoms with Gasteiger partial charge in [-0.3, -0.25) is 4.79 Å². The molecular weight excluding hydrogens is 224 g/mol. The minimum atomic E-state index is -2.97. The van der Waals surface area contributed by atoms with Gasteiger partial charge in [0.25, 0.3) is 5.92 Å². The normalized spacial score (nSPS) is 20.3. The van der Waals surface area contributed by atoms with E-state index in [1.165, 1.54) is 6.92 Å². The van der Waals surface area contributed by atoms with Crippen molar-refractivity contribution in [3.05, 3.63) is 35.9 Å². The lowest BCUT2D eigenvalue weighted by atomic mass is 9.96. The number of benzene rings is 1. The van der Waals surface area contributed by atoms with Gasteiger partial charge in [-0.1, -0.05) is 18.2 Å². The van der Waals surface area contributed by atoms with Crippen molar-refractivity contribution in [1.82, 2.24) is 0 Å². The van der Waals surface area contributed by atoms with Crippen molar-refractivity contribution < 1.29 is 13.6 Å². The number of hydrogen-bond acceptors (Lipinski definition) is 2. The molecule has 1 heterocycles. The van der Waals surface area contributed by atoms with Gasteiger partial charge in [-0.15, -0.1) is 0 Å². The molecular formula is C13H13F2NO. The van der Waals surface area contributed by atoms with Gasteiger partial charge in [0, 0.05) is 29.8 Å². The lowest BCUT2D eigenvalue weighted by Crippen LogP contribution is -2.19. The highest BCUT2D eigenvalue weighted by molar-refractivity contribution is 5.98. The molecule has 0 aliphatic carbocycles. The Morgan fingerprint density at radius 2 is 2.12 bits per heavy atom. The van der Waals surface area contributed by atoms with E-state index in [0.717, 1.165) is 6.08 Å². The SMILES string of the molecule is CC(=O)/C=C1/c2ccccc2NCCC1(F)F. The molecule has 2 nitrogen and oxygen atoms in total. The average molecular weight is 237 g/mol. The molecule has 2 rings (SSSR count). The Labute approximate surface area is 98.3 Å². The van der Waals surface area contributed by atoms with Crippen LogP contribution in [0.15, 0.2) is 30.3 Å². The molecule has 0 amide bonds. The molecule has 1 aromatic rings. The summed E-state index contributed by atoms with van der Waals surface area (Å²) in [4.78, 5) is 11.1. The van der Waals surface area contributed by atoms with Crippen molar-refractivity contribution >= 4 is 17.0 Å². The lowest BCUT2D eigenvalue weighted by Gasteiger charge is -2.17. The maximum atomic E-state index is 13.9. The molecule has 1 N–H and O–H groups in total. The Morgan fingerprint density at radius 3 is 2.82 bits per heavy atom. The monoisotopic (exact) mass is 237 g/mol. The summed E-state index contributed by atoms with van der Waals surface area (Å²) in [5, 5.41) is 2.95. The molecule has 0 aromatic heterocycles. The van der Waals surface area contributed by atoms with Gasteiger partial charge in [-0.25, -0.2) is 8.78 Å². The quantitative estimate of drug-likeness (QED) is 0.760. The van der Waals surface area contributed by atoms with Crippen LogP contribution < -0.4 is 5.32 Å². The van der Waals surface area contributed by atoms with Gasteiger partial charge in [0.15, 0.2) is 5.78 Å². The van der Waals surface area contributed by atoms with Gasteiger partial charge >= 0.3 is 0 Å². The second-order valence-electron chi connectivity index (χ2n) is 4.10. The number of carbonyl (C=O) groups excluding carboxylic acids is 1. The number of nitrogens with one attached hydrogen (secondary N) is 1. The van der Waals surface area contributed by atoms with E-state index >= 15 is 0 Å². The third-order valence-electron chi connectivity index (χ3n) is 2.71. The molecule has 90 valence electrons. The molecule has 1 aliphatic rings. The zero-order valence-electron chi connectivity index (χ0n) is 9.47. The first kappa shape index (κ1) is 11.8. The highest BCUT2D eigenvalue weighted by Crippen LogP contribution is 2.40. The number of halogens is 2. The van der Waals surface area contributed by atoms with Gasteiger partial charge in [0.05, 0.1) is 0 Å². The first-order chi connectivity index (χ1) is 8.00. The first-order valence-electron chi connectivity index (χ1n) is 5.44. The second-order valence-corrected chi connectivity index (χ2v) is 4.10. The topological polar surface area (TPSA) is 29.1 Å². The smallest absolute Gasteiger partial charge is 0.275 e. The molecule has 0 unspecified atom stereocenters. The number of anilines is 1. The van der Waals surface area contributed by atoms with E-state index in [0.29, 0.717) is 11.3 Å². The summed E-state index contributed by atoms with van der Waals surface area (Å²) >= 11 is 0. The van der Waals surface area contributed by atoms with Crippen LogP contribution in [-0.4, -0.2) is 18.3 Å². The Morgan fingerprint density at radius 1 is 1.41 bits per heavy atom. The third-order valence-corrected chi connectivity index (χ3v) is 2.71. The summed E-state index contributed by atoms with van der Waals surface area (Å²) in [6.45, 7) is 1.48. The van der Waals surface area contributed by atoms with Gasteiger partial charge in [-0.2, -0.15) is 0 Å². The summed E-state index contributed by atoms with van der Waals surface area (Å²) in [6, 6.07) is 6.82. The zero-order chi connectivity index (χ0) is 12.5. The van der Waals surface area contributed by atoms with Crippen LogP contribution in [-0.2, 0) is 4.79 Å². The minimum Gasteiger partial charge on any atom is -0.384 e. The predicted octanol–water partition coefficient (Wildman–Crippen LogP) is 3.11. The van der Waals surface area contributed by atoms with E-state index in [4.69, 9.17) is 0 Å². The number of hydrogen-bond donors (Lipinski definition) is 1. The van der Waals surface area contributed by atoms with Crippen molar-refractivity contribution in [2.24, 2.45) is 0 Å². The summed E-state index contributed by atoms with van der Waals surface area (Å²) < 4.78 is 27.8. The Bertz CT molecular complexity index is 480. The predicted molar refractivity (Wildman–Crippen MR) is 63.2 cm³/mol. The molecule has 0 saturated heterocycles. The number of ketones is 1. The summed E-state index contributed by atoms with van der Waals surface area (Å²) in [6.07, 6.45) is 0.729. The van der Waals surface area contributed by atoms with Crippen molar-refractivity contribution in [3.8, 4) is 0 Å². The molecule has 1 aromatic carbocycles. The molecule has 1 aliphatic heterocycles. The molecule has 0 bridgehead atoms.